The highest BCUT2D eigenvalue weighted by atomic mass is 16.7. The molecule has 0 saturated heterocycles. The molecule has 0 aromatic heterocycles. The Morgan fingerprint density at radius 3 is 0.905 bits per heavy atom. The van der Waals surface area contributed by atoms with Crippen LogP contribution in [-0.4, -0.2) is 29.1 Å². The molecule has 0 heterocycles. The molecule has 0 atom stereocenters. The van der Waals surface area contributed by atoms with Gasteiger partial charge in [0.2, 0.25) is 0 Å². The predicted molar refractivity (Wildman–Crippen MR) is 201 cm³/mol. The first-order valence-corrected chi connectivity index (χ1v) is 12.0. The van der Waals surface area contributed by atoms with E-state index >= 15 is 0 Å². The Balaban J connectivity index is -0.0000000223. The van der Waals surface area contributed by atoms with Gasteiger partial charge in [0.15, 0.2) is 0 Å². The lowest BCUT2D eigenvalue weighted by atomic mass is 9.98. The molecular weight excluding hydrogens is 524 g/mol. The second-order valence-corrected chi connectivity index (χ2v) is 12.9. The van der Waals surface area contributed by atoms with Gasteiger partial charge in [-0.15, -0.1) is 6.58 Å². The van der Waals surface area contributed by atoms with Gasteiger partial charge in [-0.3, -0.25) is 4.99 Å². The Morgan fingerprint density at radius 1 is 0.643 bits per heavy atom. The monoisotopic (exact) mass is 613 g/mol. The maximum atomic E-state index is 11.0. The zero-order chi connectivity index (χ0) is 30.2. The largest absolute Gasteiger partial charge is 0.373 e. The highest BCUT2D eigenvalue weighted by Crippen LogP contribution is 2.15. The molecule has 0 radical (unpaired) electrons. The van der Waals surface area contributed by atoms with Crippen LogP contribution in [0.3, 0.4) is 0 Å². The van der Waals surface area contributed by atoms with Crippen molar-refractivity contribution >= 4 is 23.5 Å². The minimum Gasteiger partial charge on any atom is -0.318 e. The van der Waals surface area contributed by atoms with Crippen LogP contribution >= 0.6 is 0 Å². The number of hydrogen-bond donors (Lipinski definition) is 0. The second kappa shape index (κ2) is 45.9. The number of oxime groups is 1. The molecule has 0 saturated carbocycles. The van der Waals surface area contributed by atoms with E-state index in [9.17, 15) is 4.79 Å². The van der Waals surface area contributed by atoms with Crippen LogP contribution in [0.2, 0.25) is 0 Å². The average Bonchev–Trinajstić information content (AvgIpc) is 2.47. The maximum absolute atomic E-state index is 11.0. The predicted octanol–water partition coefficient (Wildman–Crippen LogP) is 13.4. The fourth-order valence-electron chi connectivity index (χ4n) is 0.940. The molecule has 0 aliphatic carbocycles. The van der Waals surface area contributed by atoms with Crippen molar-refractivity contribution < 1.29 is 19.2 Å². The van der Waals surface area contributed by atoms with Crippen molar-refractivity contribution in [2.75, 3.05) is 0 Å². The van der Waals surface area contributed by atoms with Gasteiger partial charge in [0.25, 0.3) is 0 Å². The third kappa shape index (κ3) is 267. The smallest absolute Gasteiger partial charge is 0.318 e. The van der Waals surface area contributed by atoms with E-state index in [4.69, 9.17) is 9.59 Å². The number of nitrogens with zero attached hydrogens (tertiary/aromatic N) is 2. The standard InChI is InChI=1S/C8H15NO2.C7H15N.C5H12.C4H10.C4H8.CO2.7CH4/c1-6(2)9-11-7(10)8(3,4)5;1-6(2)8-7(3,4)5;1-5(2,3)4;2*1-4(2)3;2-1-3;;;;;;;/h1-5H3;1-5H3;1-4H3;4H,1-3H3;1H2,2-3H3;;7*1H4. The lowest BCUT2D eigenvalue weighted by Gasteiger charge is -2.12. The molecule has 0 spiro atoms. The number of carbonyl (C=O) groups is 1. The van der Waals surface area contributed by atoms with E-state index in [-0.39, 0.29) is 69.6 Å². The van der Waals surface area contributed by atoms with E-state index in [1.54, 1.807) is 34.6 Å². The van der Waals surface area contributed by atoms with Crippen molar-refractivity contribution in [3.63, 3.8) is 0 Å². The van der Waals surface area contributed by atoms with Crippen molar-refractivity contribution in [3.05, 3.63) is 12.2 Å². The van der Waals surface area contributed by atoms with Crippen molar-refractivity contribution in [2.45, 2.75) is 189 Å². The summed E-state index contributed by atoms with van der Waals surface area (Å²) < 4.78 is 0. The van der Waals surface area contributed by atoms with E-state index in [1.165, 1.54) is 5.57 Å². The summed E-state index contributed by atoms with van der Waals surface area (Å²) in [5, 5.41) is 3.56. The number of carbonyl (C=O) groups excluding carboxylic acids is 3. The summed E-state index contributed by atoms with van der Waals surface area (Å²) in [4.78, 5) is 36.2. The molecule has 6 nitrogen and oxygen atoms in total. The summed E-state index contributed by atoms with van der Waals surface area (Å²) in [7, 11) is 0. The van der Waals surface area contributed by atoms with E-state index in [2.05, 4.69) is 90.8 Å². The first-order valence-electron chi connectivity index (χ1n) is 12.0. The van der Waals surface area contributed by atoms with E-state index in [1.807, 2.05) is 27.7 Å². The Morgan fingerprint density at radius 2 is 0.833 bits per heavy atom. The van der Waals surface area contributed by atoms with Crippen LogP contribution in [0.25, 0.3) is 0 Å². The van der Waals surface area contributed by atoms with Crippen molar-refractivity contribution in [1.82, 2.24) is 0 Å². The van der Waals surface area contributed by atoms with E-state index in [0.29, 0.717) is 5.41 Å². The van der Waals surface area contributed by atoms with Gasteiger partial charge in [0, 0.05) is 5.71 Å². The van der Waals surface area contributed by atoms with Crippen LogP contribution in [0.4, 0.5) is 0 Å². The molecular formula is C36H88N2O4. The first-order chi connectivity index (χ1) is 15.1. The molecule has 0 fully saturated rings. The Kier molecular flexibility index (Phi) is 91.2. The summed E-state index contributed by atoms with van der Waals surface area (Å²) in [6.45, 7) is 42.0. The molecule has 0 aliphatic rings. The number of allylic oxidation sites excluding steroid dienone is 1. The highest BCUT2D eigenvalue weighted by Gasteiger charge is 2.23. The number of hydrogen-bond acceptors (Lipinski definition) is 6. The summed E-state index contributed by atoms with van der Waals surface area (Å²) >= 11 is 0. The molecule has 0 aromatic carbocycles. The third-order valence-electron chi connectivity index (χ3n) is 1.48. The second-order valence-electron chi connectivity index (χ2n) is 12.9. The van der Waals surface area contributed by atoms with Crippen LogP contribution in [0.15, 0.2) is 22.3 Å². The van der Waals surface area contributed by atoms with Crippen LogP contribution in [0, 0.1) is 16.7 Å². The molecule has 0 amide bonds. The van der Waals surface area contributed by atoms with Gasteiger partial charge >= 0.3 is 12.1 Å². The van der Waals surface area contributed by atoms with Crippen LogP contribution in [-0.2, 0) is 19.2 Å². The molecule has 0 aromatic rings. The molecule has 0 rings (SSSR count). The van der Waals surface area contributed by atoms with Gasteiger partial charge in [-0.2, -0.15) is 9.59 Å². The lowest BCUT2D eigenvalue weighted by molar-refractivity contribution is -0.191. The van der Waals surface area contributed by atoms with Crippen LogP contribution < -0.4 is 0 Å². The number of aliphatic imine (C=N–C) groups is 1. The topological polar surface area (TPSA) is 85.2 Å². The molecule has 0 aliphatic heterocycles. The Bertz CT molecular complexity index is 599. The first kappa shape index (κ1) is 83.4. The quantitative estimate of drug-likeness (QED) is 0.127. The molecule has 0 N–H and O–H groups in total. The van der Waals surface area contributed by atoms with Crippen LogP contribution in [0.1, 0.15) is 184 Å². The normalized spacial score (nSPS) is 8.00. The summed E-state index contributed by atoms with van der Waals surface area (Å²) in [6.07, 6.45) is 0.250. The third-order valence-corrected chi connectivity index (χ3v) is 1.48. The number of rotatable bonds is 1. The summed E-state index contributed by atoms with van der Waals surface area (Å²) in [5.41, 5.74) is 3.19. The minimum absolute atomic E-state index is 0. The SMILES string of the molecule is C.C.C.C.C.C.C.C=C(C)C.CC(C)(C)C.CC(C)=NC(C)(C)C.CC(C)=NOC(=O)C(C)(C)C.CC(C)C.O=C=O. The fraction of sp³-hybridized carbons (Fsp3) is 0.833. The van der Waals surface area contributed by atoms with E-state index < -0.39 is 5.41 Å². The molecule has 6 heteroatoms. The molecule has 42 heavy (non-hydrogen) atoms. The molecule has 0 bridgehead atoms. The van der Waals surface area contributed by atoms with Gasteiger partial charge in [-0.25, -0.2) is 4.79 Å². The lowest BCUT2D eigenvalue weighted by Crippen LogP contribution is -2.21. The molecule has 0 unspecified atom stereocenters. The van der Waals surface area contributed by atoms with Gasteiger partial charge < -0.3 is 4.84 Å². The van der Waals surface area contributed by atoms with Crippen molar-refractivity contribution in [2.24, 2.45) is 26.9 Å². The van der Waals surface area contributed by atoms with Gasteiger partial charge in [-0.05, 0) is 94.4 Å². The average molecular weight is 613 g/mol. The van der Waals surface area contributed by atoms with Crippen LogP contribution in [0.5, 0.6) is 0 Å². The zero-order valence-corrected chi connectivity index (χ0v) is 26.8. The van der Waals surface area contributed by atoms with Gasteiger partial charge in [0.1, 0.15) is 0 Å². The van der Waals surface area contributed by atoms with Gasteiger partial charge in [-0.1, -0.05) is 111 Å². The Labute approximate surface area is 270 Å². The summed E-state index contributed by atoms with van der Waals surface area (Å²) in [6, 6.07) is 0. The fourth-order valence-corrected chi connectivity index (χ4v) is 0.940. The van der Waals surface area contributed by atoms with Gasteiger partial charge in [0.05, 0.1) is 16.7 Å². The van der Waals surface area contributed by atoms with Crippen molar-refractivity contribution in [3.8, 4) is 0 Å². The van der Waals surface area contributed by atoms with E-state index in [0.717, 1.165) is 17.3 Å². The Hall–Kier alpha value is -2.07. The maximum Gasteiger partial charge on any atom is 0.373 e. The highest BCUT2D eigenvalue weighted by molar-refractivity contribution is 5.81. The zero-order valence-electron chi connectivity index (χ0n) is 26.8. The minimum atomic E-state index is -0.473. The van der Waals surface area contributed by atoms with Crippen molar-refractivity contribution in [1.29, 1.82) is 0 Å². The molecule has 266 valence electrons. The summed E-state index contributed by atoms with van der Waals surface area (Å²) in [5.74, 6) is 0.527.